The van der Waals surface area contributed by atoms with E-state index in [2.05, 4.69) is 0 Å². The van der Waals surface area contributed by atoms with Crippen molar-refractivity contribution in [2.75, 3.05) is 13.2 Å². The lowest BCUT2D eigenvalue weighted by Gasteiger charge is -2.26. The smallest absolute Gasteiger partial charge is 0.416 e. The van der Waals surface area contributed by atoms with Crippen LogP contribution >= 0.6 is 0 Å². The van der Waals surface area contributed by atoms with Gasteiger partial charge in [0.05, 0.1) is 11.6 Å². The summed E-state index contributed by atoms with van der Waals surface area (Å²) in [5, 5.41) is 19.0. The highest BCUT2D eigenvalue weighted by atomic mass is 19.4. The van der Waals surface area contributed by atoms with E-state index in [1.807, 2.05) is 6.92 Å². The Hall–Kier alpha value is -2.02. The Morgan fingerprint density at radius 3 is 2.29 bits per heavy atom. The molecule has 1 amide bonds. The van der Waals surface area contributed by atoms with Crippen molar-refractivity contribution in [1.29, 1.82) is 0 Å². The molecule has 0 bridgehead atoms. The van der Waals surface area contributed by atoms with Crippen molar-refractivity contribution in [2.45, 2.75) is 38.4 Å². The Labute approximate surface area is 138 Å². The number of alkyl halides is 3. The standard InChI is InChI=1S/C17H20F3NO3/c1-2-13-14(11-5-7-12(8-6-11)17(18,19)20)15(23)16(24)21(13)9-3-4-10-22/h5-8,13,22-23H,2-4,9-10H2,1H3. The van der Waals surface area contributed by atoms with Gasteiger partial charge in [0.25, 0.3) is 5.91 Å². The molecular formula is C17H20F3NO3. The summed E-state index contributed by atoms with van der Waals surface area (Å²) in [5.74, 6) is -0.930. The summed E-state index contributed by atoms with van der Waals surface area (Å²) in [6.07, 6.45) is -2.77. The number of aliphatic hydroxyl groups is 2. The molecule has 1 aromatic rings. The zero-order valence-electron chi connectivity index (χ0n) is 13.3. The van der Waals surface area contributed by atoms with Gasteiger partial charge in [-0.25, -0.2) is 0 Å². The van der Waals surface area contributed by atoms with E-state index in [1.165, 1.54) is 17.0 Å². The van der Waals surface area contributed by atoms with Crippen molar-refractivity contribution in [2.24, 2.45) is 0 Å². The first-order chi connectivity index (χ1) is 11.3. The van der Waals surface area contributed by atoms with Gasteiger partial charge in [-0.05, 0) is 37.0 Å². The van der Waals surface area contributed by atoms with Gasteiger partial charge in [0, 0.05) is 18.7 Å². The topological polar surface area (TPSA) is 60.8 Å². The van der Waals surface area contributed by atoms with Gasteiger partial charge in [-0.1, -0.05) is 19.1 Å². The molecule has 0 saturated heterocycles. The molecule has 0 fully saturated rings. The molecule has 7 heteroatoms. The summed E-state index contributed by atoms with van der Waals surface area (Å²) in [4.78, 5) is 13.8. The molecule has 1 aliphatic heterocycles. The van der Waals surface area contributed by atoms with Gasteiger partial charge >= 0.3 is 6.18 Å². The monoisotopic (exact) mass is 343 g/mol. The molecule has 1 unspecified atom stereocenters. The molecule has 132 valence electrons. The number of amides is 1. The summed E-state index contributed by atoms with van der Waals surface area (Å²) in [6, 6.07) is 4.07. The van der Waals surface area contributed by atoms with Crippen molar-refractivity contribution < 1.29 is 28.2 Å². The molecule has 0 radical (unpaired) electrons. The zero-order chi connectivity index (χ0) is 17.9. The fourth-order valence-corrected chi connectivity index (χ4v) is 2.95. The number of hydrogen-bond donors (Lipinski definition) is 2. The minimum Gasteiger partial charge on any atom is -0.503 e. The molecule has 1 aliphatic rings. The molecule has 0 aliphatic carbocycles. The van der Waals surface area contributed by atoms with Crippen LogP contribution in [0, 0.1) is 0 Å². The van der Waals surface area contributed by atoms with E-state index >= 15 is 0 Å². The van der Waals surface area contributed by atoms with Gasteiger partial charge in [0.1, 0.15) is 0 Å². The van der Waals surface area contributed by atoms with Crippen molar-refractivity contribution in [1.82, 2.24) is 4.90 Å². The first kappa shape index (κ1) is 18.3. The van der Waals surface area contributed by atoms with E-state index in [-0.39, 0.29) is 12.6 Å². The van der Waals surface area contributed by atoms with Gasteiger partial charge < -0.3 is 15.1 Å². The van der Waals surface area contributed by atoms with E-state index in [0.29, 0.717) is 36.9 Å². The maximum Gasteiger partial charge on any atom is 0.416 e. The molecule has 0 spiro atoms. The number of unbranched alkanes of at least 4 members (excludes halogenated alkanes) is 1. The molecule has 2 rings (SSSR count). The van der Waals surface area contributed by atoms with E-state index in [1.54, 1.807) is 0 Å². The predicted molar refractivity (Wildman–Crippen MR) is 83.1 cm³/mol. The second-order valence-electron chi connectivity index (χ2n) is 5.69. The highest BCUT2D eigenvalue weighted by Crippen LogP contribution is 2.36. The minimum absolute atomic E-state index is 0.0179. The number of benzene rings is 1. The zero-order valence-corrected chi connectivity index (χ0v) is 13.3. The van der Waals surface area contributed by atoms with E-state index in [4.69, 9.17) is 5.11 Å². The molecule has 0 aromatic heterocycles. The Kier molecular flexibility index (Phi) is 5.54. The third-order valence-electron chi connectivity index (χ3n) is 4.15. The van der Waals surface area contributed by atoms with Crippen LogP contribution in [0.15, 0.2) is 30.0 Å². The molecular weight excluding hydrogens is 323 g/mol. The van der Waals surface area contributed by atoms with Crippen molar-refractivity contribution in [3.05, 3.63) is 41.2 Å². The van der Waals surface area contributed by atoms with Crippen LogP contribution in [-0.4, -0.2) is 40.2 Å². The summed E-state index contributed by atoms with van der Waals surface area (Å²) < 4.78 is 38.0. The number of aliphatic hydroxyl groups excluding tert-OH is 2. The number of hydrogen-bond acceptors (Lipinski definition) is 3. The van der Waals surface area contributed by atoms with Crippen molar-refractivity contribution in [3.8, 4) is 0 Å². The van der Waals surface area contributed by atoms with Crippen LogP contribution in [0.2, 0.25) is 0 Å². The molecule has 4 nitrogen and oxygen atoms in total. The van der Waals surface area contributed by atoms with Crippen LogP contribution in [-0.2, 0) is 11.0 Å². The largest absolute Gasteiger partial charge is 0.503 e. The first-order valence-corrected chi connectivity index (χ1v) is 7.83. The number of halogens is 3. The highest BCUT2D eigenvalue weighted by molar-refractivity contribution is 6.05. The second-order valence-corrected chi connectivity index (χ2v) is 5.69. The molecule has 2 N–H and O–H groups in total. The van der Waals surface area contributed by atoms with Crippen LogP contribution in [0.1, 0.15) is 37.3 Å². The summed E-state index contributed by atoms with van der Waals surface area (Å²) in [5.41, 5.74) is -0.00547. The van der Waals surface area contributed by atoms with Crippen LogP contribution in [0.3, 0.4) is 0 Å². The Bertz CT molecular complexity index is 623. The van der Waals surface area contributed by atoms with Crippen LogP contribution in [0.25, 0.3) is 5.57 Å². The van der Waals surface area contributed by atoms with Gasteiger partial charge in [-0.2, -0.15) is 13.2 Å². The van der Waals surface area contributed by atoms with Crippen LogP contribution < -0.4 is 0 Å². The SMILES string of the molecule is CCC1C(c2ccc(C(F)(F)F)cc2)=C(O)C(=O)N1CCCCO. The average Bonchev–Trinajstić information content (AvgIpc) is 2.78. The molecule has 1 aromatic carbocycles. The van der Waals surface area contributed by atoms with Crippen LogP contribution in [0.5, 0.6) is 0 Å². The number of carbonyl (C=O) groups excluding carboxylic acids is 1. The third kappa shape index (κ3) is 3.56. The van der Waals surface area contributed by atoms with Gasteiger partial charge in [0.2, 0.25) is 0 Å². The predicted octanol–water partition coefficient (Wildman–Crippen LogP) is 3.37. The maximum atomic E-state index is 12.7. The number of rotatable bonds is 6. The minimum atomic E-state index is -4.43. The molecule has 1 heterocycles. The molecule has 1 atom stereocenters. The fraction of sp³-hybridized carbons (Fsp3) is 0.471. The average molecular weight is 343 g/mol. The van der Waals surface area contributed by atoms with Crippen molar-refractivity contribution >= 4 is 11.5 Å². The van der Waals surface area contributed by atoms with E-state index < -0.39 is 23.4 Å². The van der Waals surface area contributed by atoms with Gasteiger partial charge in [0.15, 0.2) is 5.76 Å². The summed E-state index contributed by atoms with van der Waals surface area (Å²) >= 11 is 0. The Morgan fingerprint density at radius 1 is 1.17 bits per heavy atom. The Morgan fingerprint density at radius 2 is 1.79 bits per heavy atom. The molecule has 24 heavy (non-hydrogen) atoms. The second kappa shape index (κ2) is 7.25. The lowest BCUT2D eigenvalue weighted by molar-refractivity contribution is -0.137. The number of carbonyl (C=O) groups is 1. The van der Waals surface area contributed by atoms with E-state index in [0.717, 1.165) is 12.1 Å². The lowest BCUT2D eigenvalue weighted by Crippen LogP contribution is -2.36. The summed E-state index contributed by atoms with van der Waals surface area (Å²) in [6.45, 7) is 2.25. The molecule has 0 saturated carbocycles. The van der Waals surface area contributed by atoms with Gasteiger partial charge in [-0.3, -0.25) is 4.79 Å². The third-order valence-corrected chi connectivity index (χ3v) is 4.15. The maximum absolute atomic E-state index is 12.7. The fourth-order valence-electron chi connectivity index (χ4n) is 2.95. The summed E-state index contributed by atoms with van der Waals surface area (Å²) in [7, 11) is 0. The van der Waals surface area contributed by atoms with Gasteiger partial charge in [-0.15, -0.1) is 0 Å². The van der Waals surface area contributed by atoms with Crippen LogP contribution in [0.4, 0.5) is 13.2 Å². The lowest BCUT2D eigenvalue weighted by atomic mass is 9.96. The normalized spacial score (nSPS) is 18.6. The van der Waals surface area contributed by atoms with E-state index in [9.17, 15) is 23.1 Å². The quantitative estimate of drug-likeness (QED) is 0.779. The Balaban J connectivity index is 2.29. The first-order valence-electron chi connectivity index (χ1n) is 7.83. The number of nitrogens with zero attached hydrogens (tertiary/aromatic N) is 1. The highest BCUT2D eigenvalue weighted by Gasteiger charge is 2.39. The van der Waals surface area contributed by atoms with Crippen molar-refractivity contribution in [3.63, 3.8) is 0 Å².